The van der Waals surface area contributed by atoms with E-state index < -0.39 is 0 Å². The highest BCUT2D eigenvalue weighted by atomic mass is 16.5. The van der Waals surface area contributed by atoms with E-state index in [4.69, 9.17) is 4.52 Å². The number of benzene rings is 1. The van der Waals surface area contributed by atoms with Crippen LogP contribution in [0, 0.1) is 20.8 Å². The second-order valence-corrected chi connectivity index (χ2v) is 6.60. The summed E-state index contributed by atoms with van der Waals surface area (Å²) in [5.41, 5.74) is 4.78. The molecule has 0 spiro atoms. The van der Waals surface area contributed by atoms with Crippen LogP contribution in [-0.2, 0) is 0 Å². The largest absolute Gasteiger partial charge is 0.378 e. The van der Waals surface area contributed by atoms with Gasteiger partial charge in [-0.15, -0.1) is 0 Å². The van der Waals surface area contributed by atoms with Crippen LogP contribution in [0.5, 0.6) is 0 Å². The molecule has 0 atom stereocenters. The fraction of sp³-hybridized carbons (Fsp3) is 0.238. The zero-order chi connectivity index (χ0) is 18.8. The van der Waals surface area contributed by atoms with E-state index in [1.54, 1.807) is 6.08 Å². The van der Waals surface area contributed by atoms with Crippen LogP contribution in [0.1, 0.15) is 33.1 Å². The van der Waals surface area contributed by atoms with Crippen molar-refractivity contribution in [1.82, 2.24) is 9.72 Å². The van der Waals surface area contributed by atoms with Crippen LogP contribution in [0.3, 0.4) is 0 Å². The molecule has 0 unspecified atom stereocenters. The lowest BCUT2D eigenvalue weighted by molar-refractivity contribution is 0.104. The number of anilines is 1. The van der Waals surface area contributed by atoms with E-state index >= 15 is 0 Å². The van der Waals surface area contributed by atoms with Gasteiger partial charge in [0, 0.05) is 42.8 Å². The molecule has 0 fully saturated rings. The Morgan fingerprint density at radius 1 is 1.12 bits per heavy atom. The molecule has 0 aliphatic heterocycles. The Morgan fingerprint density at radius 3 is 2.38 bits per heavy atom. The van der Waals surface area contributed by atoms with Crippen molar-refractivity contribution >= 4 is 17.5 Å². The number of rotatable bonds is 5. The number of hydrogen-bond donors (Lipinski definition) is 0. The van der Waals surface area contributed by atoms with Crippen molar-refractivity contribution in [3.63, 3.8) is 0 Å². The van der Waals surface area contributed by atoms with Gasteiger partial charge in [0.25, 0.3) is 0 Å². The Hall–Kier alpha value is -3.08. The highest BCUT2D eigenvalue weighted by Crippen LogP contribution is 2.22. The van der Waals surface area contributed by atoms with Crippen molar-refractivity contribution < 1.29 is 9.32 Å². The van der Waals surface area contributed by atoms with E-state index in [-0.39, 0.29) is 5.78 Å². The maximum Gasteiger partial charge on any atom is 0.185 e. The number of carbonyl (C=O) groups is 1. The van der Waals surface area contributed by atoms with Gasteiger partial charge in [0.1, 0.15) is 5.76 Å². The molecule has 3 aromatic rings. The lowest BCUT2D eigenvalue weighted by Crippen LogP contribution is -2.08. The molecule has 2 aromatic heterocycles. The Labute approximate surface area is 153 Å². The Kier molecular flexibility index (Phi) is 4.80. The first-order valence-corrected chi connectivity index (χ1v) is 8.49. The van der Waals surface area contributed by atoms with E-state index in [0.29, 0.717) is 5.56 Å². The molecule has 5 nitrogen and oxygen atoms in total. The lowest BCUT2D eigenvalue weighted by Gasteiger charge is -2.11. The molecular weight excluding hydrogens is 326 g/mol. The standard InChI is InChI=1S/C21H23N3O2/c1-14-12-18(16(3)24(14)21-13-15(2)26-22-21)8-11-20(25)17-6-9-19(10-7-17)23(4)5/h6-13H,1-5H3/b11-8+. The van der Waals surface area contributed by atoms with Crippen LogP contribution in [0.15, 0.2) is 47.0 Å². The van der Waals surface area contributed by atoms with Gasteiger partial charge in [-0.2, -0.15) is 0 Å². The molecule has 0 N–H and O–H groups in total. The SMILES string of the molecule is Cc1cc(-n2c(C)cc(/C=C/C(=O)c3ccc(N(C)C)cc3)c2C)no1. The van der Waals surface area contributed by atoms with E-state index in [0.717, 1.165) is 34.2 Å². The third-order valence-electron chi connectivity index (χ3n) is 4.40. The van der Waals surface area contributed by atoms with Gasteiger partial charge < -0.3 is 9.42 Å². The van der Waals surface area contributed by atoms with Gasteiger partial charge in [0.05, 0.1) is 0 Å². The first-order chi connectivity index (χ1) is 12.4. The second kappa shape index (κ2) is 7.04. The zero-order valence-electron chi connectivity index (χ0n) is 15.8. The molecule has 0 saturated carbocycles. The zero-order valence-corrected chi connectivity index (χ0v) is 15.8. The number of carbonyl (C=O) groups excluding carboxylic acids is 1. The monoisotopic (exact) mass is 349 g/mol. The molecule has 26 heavy (non-hydrogen) atoms. The summed E-state index contributed by atoms with van der Waals surface area (Å²) >= 11 is 0. The van der Waals surface area contributed by atoms with Gasteiger partial charge in [-0.1, -0.05) is 5.16 Å². The molecule has 0 amide bonds. The smallest absolute Gasteiger partial charge is 0.185 e. The summed E-state index contributed by atoms with van der Waals surface area (Å²) in [5, 5.41) is 4.08. The number of ketones is 1. The van der Waals surface area contributed by atoms with E-state index in [1.165, 1.54) is 0 Å². The quantitative estimate of drug-likeness (QED) is 0.507. The summed E-state index contributed by atoms with van der Waals surface area (Å²) in [7, 11) is 3.95. The number of aromatic nitrogens is 2. The molecule has 2 heterocycles. The van der Waals surface area contributed by atoms with Crippen LogP contribution in [0.4, 0.5) is 5.69 Å². The van der Waals surface area contributed by atoms with Crippen molar-refractivity contribution in [3.8, 4) is 5.82 Å². The third-order valence-corrected chi connectivity index (χ3v) is 4.40. The Morgan fingerprint density at radius 2 is 1.81 bits per heavy atom. The van der Waals surface area contributed by atoms with Gasteiger partial charge in [-0.3, -0.25) is 9.36 Å². The normalized spacial score (nSPS) is 11.3. The minimum Gasteiger partial charge on any atom is -0.378 e. The topological polar surface area (TPSA) is 51.3 Å². The van der Waals surface area contributed by atoms with E-state index in [1.807, 2.05) is 86.8 Å². The molecule has 0 aliphatic rings. The summed E-state index contributed by atoms with van der Waals surface area (Å²) in [6.07, 6.45) is 3.47. The molecular formula is C21H23N3O2. The predicted octanol–water partition coefficient (Wildman–Crippen LogP) is 4.35. The first-order valence-electron chi connectivity index (χ1n) is 8.49. The summed E-state index contributed by atoms with van der Waals surface area (Å²) in [5.74, 6) is 1.50. The fourth-order valence-electron chi connectivity index (χ4n) is 2.95. The van der Waals surface area contributed by atoms with Crippen LogP contribution < -0.4 is 4.90 Å². The number of hydrogen-bond acceptors (Lipinski definition) is 4. The van der Waals surface area contributed by atoms with Crippen molar-refractivity contribution in [2.75, 3.05) is 19.0 Å². The number of nitrogens with zero attached hydrogens (tertiary/aromatic N) is 3. The van der Waals surface area contributed by atoms with Crippen LogP contribution in [0.2, 0.25) is 0 Å². The molecule has 0 saturated heterocycles. The number of aryl methyl sites for hydroxylation is 2. The average molecular weight is 349 g/mol. The average Bonchev–Trinajstić information content (AvgIpc) is 3.15. The predicted molar refractivity (Wildman–Crippen MR) is 104 cm³/mol. The van der Waals surface area contributed by atoms with Gasteiger partial charge >= 0.3 is 0 Å². The second-order valence-electron chi connectivity index (χ2n) is 6.60. The van der Waals surface area contributed by atoms with Crippen molar-refractivity contribution in [1.29, 1.82) is 0 Å². The van der Waals surface area contributed by atoms with Crippen molar-refractivity contribution in [2.24, 2.45) is 0 Å². The molecule has 0 radical (unpaired) electrons. The molecule has 1 aromatic carbocycles. The van der Waals surface area contributed by atoms with Gasteiger partial charge in [0.2, 0.25) is 0 Å². The molecule has 0 bridgehead atoms. The Bertz CT molecular complexity index is 960. The Balaban J connectivity index is 1.83. The fourth-order valence-corrected chi connectivity index (χ4v) is 2.95. The summed E-state index contributed by atoms with van der Waals surface area (Å²) in [4.78, 5) is 14.4. The van der Waals surface area contributed by atoms with Crippen LogP contribution in [0.25, 0.3) is 11.9 Å². The highest BCUT2D eigenvalue weighted by Gasteiger charge is 2.12. The first kappa shape index (κ1) is 17.7. The molecule has 3 rings (SSSR count). The maximum atomic E-state index is 12.4. The number of allylic oxidation sites excluding steroid dienone is 1. The van der Waals surface area contributed by atoms with Gasteiger partial charge in [-0.05, 0) is 68.8 Å². The molecule has 134 valence electrons. The van der Waals surface area contributed by atoms with Crippen LogP contribution in [-0.4, -0.2) is 29.6 Å². The highest BCUT2D eigenvalue weighted by molar-refractivity contribution is 6.07. The van der Waals surface area contributed by atoms with E-state index in [9.17, 15) is 4.79 Å². The van der Waals surface area contributed by atoms with Gasteiger partial charge in [-0.25, -0.2) is 0 Å². The van der Waals surface area contributed by atoms with Crippen molar-refractivity contribution in [2.45, 2.75) is 20.8 Å². The third kappa shape index (κ3) is 3.47. The minimum atomic E-state index is -0.0163. The summed E-state index contributed by atoms with van der Waals surface area (Å²) < 4.78 is 7.19. The van der Waals surface area contributed by atoms with Crippen molar-refractivity contribution in [3.05, 3.63) is 70.7 Å². The summed E-state index contributed by atoms with van der Waals surface area (Å²) in [6, 6.07) is 11.5. The van der Waals surface area contributed by atoms with E-state index in [2.05, 4.69) is 5.16 Å². The van der Waals surface area contributed by atoms with Crippen LogP contribution >= 0.6 is 0 Å². The minimum absolute atomic E-state index is 0.0163. The molecule has 0 aliphatic carbocycles. The lowest BCUT2D eigenvalue weighted by atomic mass is 10.1. The van der Waals surface area contributed by atoms with Gasteiger partial charge in [0.15, 0.2) is 11.6 Å². The maximum absolute atomic E-state index is 12.4. The molecule has 5 heteroatoms. The summed E-state index contributed by atoms with van der Waals surface area (Å²) in [6.45, 7) is 5.88.